The normalized spacial score (nSPS) is 13.1. The lowest BCUT2D eigenvalue weighted by atomic mass is 9.96. The highest BCUT2D eigenvalue weighted by atomic mass is 35.5. The van der Waals surface area contributed by atoms with Crippen molar-refractivity contribution in [1.29, 1.82) is 0 Å². The Morgan fingerprint density at radius 2 is 1.81 bits per heavy atom. The fourth-order valence-electron chi connectivity index (χ4n) is 1.53. The van der Waals surface area contributed by atoms with Gasteiger partial charge in [0.1, 0.15) is 0 Å². The van der Waals surface area contributed by atoms with Gasteiger partial charge < -0.3 is 5.73 Å². The maximum Gasteiger partial charge on any atom is 0.390 e. The molecule has 5 heteroatoms. The van der Waals surface area contributed by atoms with Crippen LogP contribution >= 0.6 is 12.4 Å². The third-order valence-corrected chi connectivity index (χ3v) is 2.50. The van der Waals surface area contributed by atoms with Crippen LogP contribution in [0.5, 0.6) is 0 Å². The van der Waals surface area contributed by atoms with E-state index in [0.717, 1.165) is 11.1 Å². The highest BCUT2D eigenvalue weighted by Gasteiger charge is 2.31. The quantitative estimate of drug-likeness (QED) is 0.855. The van der Waals surface area contributed by atoms with Gasteiger partial charge in [-0.05, 0) is 30.5 Å². The molecule has 1 atom stereocenters. The van der Waals surface area contributed by atoms with Gasteiger partial charge in [0.25, 0.3) is 0 Å². The van der Waals surface area contributed by atoms with E-state index >= 15 is 0 Å². The van der Waals surface area contributed by atoms with Crippen LogP contribution in [0.3, 0.4) is 0 Å². The van der Waals surface area contributed by atoms with Crippen LogP contribution in [-0.4, -0.2) is 6.18 Å². The minimum Gasteiger partial charge on any atom is -0.324 e. The van der Waals surface area contributed by atoms with Crippen molar-refractivity contribution in [2.75, 3.05) is 0 Å². The summed E-state index contributed by atoms with van der Waals surface area (Å²) in [4.78, 5) is 0. The Kier molecular flexibility index (Phi) is 5.29. The molecule has 0 fully saturated rings. The lowest BCUT2D eigenvalue weighted by Crippen LogP contribution is -2.21. The zero-order valence-corrected chi connectivity index (χ0v) is 9.95. The summed E-state index contributed by atoms with van der Waals surface area (Å²) in [5, 5.41) is 0. The third-order valence-electron chi connectivity index (χ3n) is 2.50. The summed E-state index contributed by atoms with van der Waals surface area (Å²) in [5.41, 5.74) is 7.91. The molecule has 92 valence electrons. The van der Waals surface area contributed by atoms with Crippen LogP contribution in [0.25, 0.3) is 0 Å². The molecule has 0 aliphatic carbocycles. The van der Waals surface area contributed by atoms with E-state index in [1.165, 1.54) is 0 Å². The molecule has 0 aromatic heterocycles. The van der Waals surface area contributed by atoms with Gasteiger partial charge in [0.2, 0.25) is 0 Å². The molecule has 16 heavy (non-hydrogen) atoms. The van der Waals surface area contributed by atoms with Gasteiger partial charge in [-0.15, -0.1) is 12.4 Å². The summed E-state index contributed by atoms with van der Waals surface area (Å²) in [6.45, 7) is 3.65. The molecule has 0 heterocycles. The maximum atomic E-state index is 12.1. The zero-order chi connectivity index (χ0) is 11.6. The van der Waals surface area contributed by atoms with Crippen molar-refractivity contribution in [3.8, 4) is 0 Å². The Balaban J connectivity index is 0.00000225. The first-order chi connectivity index (χ1) is 6.81. The lowest BCUT2D eigenvalue weighted by Gasteiger charge is -2.17. The second-order valence-electron chi connectivity index (χ2n) is 3.71. The lowest BCUT2D eigenvalue weighted by molar-refractivity contribution is -0.138. The molecule has 1 nitrogen and oxygen atoms in total. The Morgan fingerprint density at radius 1 is 1.25 bits per heavy atom. The smallest absolute Gasteiger partial charge is 0.324 e. The minimum atomic E-state index is -4.21. The predicted octanol–water partition coefficient (Wildman–Crippen LogP) is 3.68. The number of halogens is 4. The number of hydrogen-bond acceptors (Lipinski definition) is 1. The van der Waals surface area contributed by atoms with Gasteiger partial charge in [-0.1, -0.05) is 18.2 Å². The molecule has 0 unspecified atom stereocenters. The van der Waals surface area contributed by atoms with Crippen molar-refractivity contribution >= 4 is 12.4 Å². The van der Waals surface area contributed by atoms with Crippen LogP contribution in [0, 0.1) is 13.8 Å². The molecule has 0 aliphatic heterocycles. The van der Waals surface area contributed by atoms with Gasteiger partial charge in [-0.25, -0.2) is 0 Å². The topological polar surface area (TPSA) is 26.0 Å². The van der Waals surface area contributed by atoms with Crippen LogP contribution < -0.4 is 5.73 Å². The highest BCUT2D eigenvalue weighted by Crippen LogP contribution is 2.29. The van der Waals surface area contributed by atoms with Crippen LogP contribution in [0.15, 0.2) is 18.2 Å². The van der Waals surface area contributed by atoms with Crippen molar-refractivity contribution in [1.82, 2.24) is 0 Å². The van der Waals surface area contributed by atoms with Crippen LogP contribution in [0.1, 0.15) is 29.2 Å². The Morgan fingerprint density at radius 3 is 2.31 bits per heavy atom. The van der Waals surface area contributed by atoms with E-state index < -0.39 is 18.6 Å². The molecule has 0 saturated heterocycles. The fraction of sp³-hybridized carbons (Fsp3) is 0.455. The molecule has 1 rings (SSSR count). The number of nitrogens with two attached hydrogens (primary N) is 1. The van der Waals surface area contributed by atoms with Gasteiger partial charge in [0, 0.05) is 6.04 Å². The van der Waals surface area contributed by atoms with Crippen LogP contribution in [0.4, 0.5) is 13.2 Å². The SMILES string of the molecule is Cc1cccc([C@H](N)CC(F)(F)F)c1C.Cl. The van der Waals surface area contributed by atoms with E-state index in [9.17, 15) is 13.2 Å². The van der Waals surface area contributed by atoms with Gasteiger partial charge >= 0.3 is 6.18 Å². The first-order valence-electron chi connectivity index (χ1n) is 4.69. The second-order valence-corrected chi connectivity index (χ2v) is 3.71. The van der Waals surface area contributed by atoms with Crippen molar-refractivity contribution in [2.24, 2.45) is 5.73 Å². The number of alkyl halides is 3. The van der Waals surface area contributed by atoms with Crippen LogP contribution in [-0.2, 0) is 0 Å². The number of rotatable bonds is 2. The van der Waals surface area contributed by atoms with Gasteiger partial charge in [-0.3, -0.25) is 0 Å². The van der Waals surface area contributed by atoms with Crippen molar-refractivity contribution in [3.05, 3.63) is 34.9 Å². The molecule has 0 saturated carbocycles. The molecule has 0 radical (unpaired) electrons. The first-order valence-corrected chi connectivity index (χ1v) is 4.69. The molecule has 1 aromatic carbocycles. The summed E-state index contributed by atoms with van der Waals surface area (Å²) in [6.07, 6.45) is -5.19. The van der Waals surface area contributed by atoms with E-state index in [2.05, 4.69) is 0 Å². The van der Waals surface area contributed by atoms with Crippen molar-refractivity contribution in [2.45, 2.75) is 32.5 Å². The molecular weight excluding hydrogens is 239 g/mol. The largest absolute Gasteiger partial charge is 0.390 e. The minimum absolute atomic E-state index is 0. The summed E-state index contributed by atoms with van der Waals surface area (Å²) in [5.74, 6) is 0. The third kappa shape index (κ3) is 4.02. The van der Waals surface area contributed by atoms with Crippen LogP contribution in [0.2, 0.25) is 0 Å². The average molecular weight is 254 g/mol. The average Bonchev–Trinajstić information content (AvgIpc) is 2.06. The van der Waals surface area contributed by atoms with Gasteiger partial charge in [0.15, 0.2) is 0 Å². The van der Waals surface area contributed by atoms with Crippen molar-refractivity contribution in [3.63, 3.8) is 0 Å². The molecule has 0 spiro atoms. The highest BCUT2D eigenvalue weighted by molar-refractivity contribution is 5.85. The summed E-state index contributed by atoms with van der Waals surface area (Å²) in [7, 11) is 0. The molecule has 0 bridgehead atoms. The summed E-state index contributed by atoms with van der Waals surface area (Å²) < 4.78 is 36.4. The molecule has 2 N–H and O–H groups in total. The fourth-order valence-corrected chi connectivity index (χ4v) is 1.53. The van der Waals surface area contributed by atoms with E-state index in [1.54, 1.807) is 19.1 Å². The van der Waals surface area contributed by atoms with Gasteiger partial charge in [-0.2, -0.15) is 13.2 Å². The number of benzene rings is 1. The Labute approximate surface area is 99.2 Å². The standard InChI is InChI=1S/C11H14F3N.ClH/c1-7-4-3-5-9(8(7)2)10(15)6-11(12,13)14;/h3-5,10H,6,15H2,1-2H3;1H/t10-;/m1./s1. The Hall–Kier alpha value is -0.740. The van der Waals surface area contributed by atoms with Gasteiger partial charge in [0.05, 0.1) is 6.42 Å². The first kappa shape index (κ1) is 15.3. The monoisotopic (exact) mass is 253 g/mol. The Bertz CT molecular complexity index is 350. The molecule has 1 aromatic rings. The van der Waals surface area contributed by atoms with E-state index in [4.69, 9.17) is 5.73 Å². The predicted molar refractivity (Wildman–Crippen MR) is 60.8 cm³/mol. The van der Waals surface area contributed by atoms with E-state index in [-0.39, 0.29) is 12.4 Å². The number of aryl methyl sites for hydroxylation is 1. The van der Waals surface area contributed by atoms with E-state index in [0.29, 0.717) is 5.56 Å². The molecule has 0 amide bonds. The van der Waals surface area contributed by atoms with Crippen molar-refractivity contribution < 1.29 is 13.2 Å². The second kappa shape index (κ2) is 5.55. The molecule has 0 aliphatic rings. The zero-order valence-electron chi connectivity index (χ0n) is 9.14. The summed E-state index contributed by atoms with van der Waals surface area (Å²) in [6, 6.07) is 4.27. The number of hydrogen-bond donors (Lipinski definition) is 1. The van der Waals surface area contributed by atoms with E-state index in [1.807, 2.05) is 13.0 Å². The maximum absolute atomic E-state index is 12.1. The molecular formula is C11H15ClF3N. The summed E-state index contributed by atoms with van der Waals surface area (Å²) >= 11 is 0.